The molecule has 0 saturated heterocycles. The van der Waals surface area contributed by atoms with Gasteiger partial charge in [0.2, 0.25) is 12.5 Å². The first-order valence-electron chi connectivity index (χ1n) is 8.76. The predicted molar refractivity (Wildman–Crippen MR) is 95.5 cm³/mol. The summed E-state index contributed by atoms with van der Waals surface area (Å²) in [5.74, 6) is 2.57. The molecule has 2 aliphatic heterocycles. The van der Waals surface area contributed by atoms with Gasteiger partial charge in [-0.2, -0.15) is 0 Å². The standard InChI is InChI=1S/C20H21NO5/c1-21-5-4-10-6-15-19(26-9-25-15)17-11-8-14(23-2)20(24-3)18(22)12(11)7-13(21)16(10)17/h6,8,13,22H,4-5,7,9H2,1-3H3. The second-order valence-electron chi connectivity index (χ2n) is 7.00. The maximum absolute atomic E-state index is 10.9. The average Bonchev–Trinajstić information content (AvgIpc) is 3.12. The number of likely N-dealkylation sites (N-methyl/N-ethyl adjacent to an activating group) is 1. The number of fused-ring (bicyclic) bond motifs is 4. The molecule has 3 aliphatic rings. The quantitative estimate of drug-likeness (QED) is 0.894. The van der Waals surface area contributed by atoms with Gasteiger partial charge < -0.3 is 24.1 Å². The fourth-order valence-corrected chi connectivity index (χ4v) is 4.53. The molecule has 2 aromatic rings. The fourth-order valence-electron chi connectivity index (χ4n) is 4.53. The molecule has 0 spiro atoms. The molecular formula is C20H21NO5. The van der Waals surface area contributed by atoms with Crippen molar-refractivity contribution in [3.05, 3.63) is 28.8 Å². The molecule has 2 heterocycles. The van der Waals surface area contributed by atoms with E-state index in [1.165, 1.54) is 11.1 Å². The third-order valence-corrected chi connectivity index (χ3v) is 5.80. The van der Waals surface area contributed by atoms with Gasteiger partial charge in [0, 0.05) is 23.7 Å². The molecule has 0 aromatic heterocycles. The summed E-state index contributed by atoms with van der Waals surface area (Å²) in [5.41, 5.74) is 5.40. The predicted octanol–water partition coefficient (Wildman–Crippen LogP) is 2.89. The highest BCUT2D eigenvalue weighted by molar-refractivity contribution is 5.87. The minimum atomic E-state index is 0.143. The lowest BCUT2D eigenvalue weighted by Gasteiger charge is -2.40. The van der Waals surface area contributed by atoms with Crippen LogP contribution in [0, 0.1) is 0 Å². The first kappa shape index (κ1) is 15.6. The molecule has 1 N–H and O–H groups in total. The number of hydrogen-bond acceptors (Lipinski definition) is 6. The number of rotatable bonds is 2. The van der Waals surface area contributed by atoms with Crippen molar-refractivity contribution in [3.63, 3.8) is 0 Å². The highest BCUT2D eigenvalue weighted by Crippen LogP contribution is 2.57. The Morgan fingerprint density at radius 1 is 1.19 bits per heavy atom. The molecule has 5 rings (SSSR count). The van der Waals surface area contributed by atoms with Crippen LogP contribution in [0.15, 0.2) is 12.1 Å². The van der Waals surface area contributed by atoms with Crippen molar-refractivity contribution in [2.24, 2.45) is 0 Å². The maximum Gasteiger partial charge on any atom is 0.231 e. The highest BCUT2D eigenvalue weighted by Gasteiger charge is 2.39. The van der Waals surface area contributed by atoms with Gasteiger partial charge in [-0.25, -0.2) is 0 Å². The minimum Gasteiger partial charge on any atom is -0.504 e. The molecular weight excluding hydrogens is 334 g/mol. The molecule has 0 bridgehead atoms. The van der Waals surface area contributed by atoms with Crippen molar-refractivity contribution < 1.29 is 24.1 Å². The van der Waals surface area contributed by atoms with E-state index in [1.54, 1.807) is 14.2 Å². The smallest absolute Gasteiger partial charge is 0.231 e. The van der Waals surface area contributed by atoms with Gasteiger partial charge in [-0.15, -0.1) is 0 Å². The van der Waals surface area contributed by atoms with Crippen LogP contribution in [0.1, 0.15) is 22.7 Å². The minimum absolute atomic E-state index is 0.143. The Balaban J connectivity index is 1.87. The van der Waals surface area contributed by atoms with E-state index in [9.17, 15) is 5.11 Å². The third kappa shape index (κ3) is 1.90. The van der Waals surface area contributed by atoms with Crippen molar-refractivity contribution in [2.75, 3.05) is 34.6 Å². The van der Waals surface area contributed by atoms with E-state index in [2.05, 4.69) is 18.0 Å². The van der Waals surface area contributed by atoms with Crippen LogP contribution in [0.4, 0.5) is 0 Å². The largest absolute Gasteiger partial charge is 0.504 e. The van der Waals surface area contributed by atoms with E-state index in [0.717, 1.165) is 47.6 Å². The van der Waals surface area contributed by atoms with Gasteiger partial charge >= 0.3 is 0 Å². The van der Waals surface area contributed by atoms with E-state index >= 15 is 0 Å². The zero-order valence-corrected chi connectivity index (χ0v) is 15.1. The van der Waals surface area contributed by atoms with Crippen LogP contribution in [-0.2, 0) is 12.8 Å². The lowest BCUT2D eigenvalue weighted by molar-refractivity contribution is 0.174. The van der Waals surface area contributed by atoms with E-state index in [0.29, 0.717) is 11.5 Å². The number of methoxy groups -OCH3 is 2. The zero-order chi connectivity index (χ0) is 18.0. The lowest BCUT2D eigenvalue weighted by atomic mass is 9.76. The molecule has 1 unspecified atom stereocenters. The van der Waals surface area contributed by atoms with Crippen LogP contribution in [0.5, 0.6) is 28.7 Å². The van der Waals surface area contributed by atoms with Crippen LogP contribution in [0.2, 0.25) is 0 Å². The Hall–Kier alpha value is -2.60. The van der Waals surface area contributed by atoms with E-state index in [1.807, 2.05) is 6.07 Å². The van der Waals surface area contributed by atoms with Gasteiger partial charge in [0.25, 0.3) is 0 Å². The number of phenolic OH excluding ortho intramolecular Hbond substituents is 1. The van der Waals surface area contributed by atoms with Crippen molar-refractivity contribution >= 4 is 0 Å². The number of hydrogen-bond donors (Lipinski definition) is 1. The van der Waals surface area contributed by atoms with Crippen LogP contribution in [-0.4, -0.2) is 44.6 Å². The van der Waals surface area contributed by atoms with Crippen LogP contribution >= 0.6 is 0 Å². The summed E-state index contributed by atoms with van der Waals surface area (Å²) < 4.78 is 22.4. The molecule has 0 radical (unpaired) electrons. The summed E-state index contributed by atoms with van der Waals surface area (Å²) >= 11 is 0. The first-order valence-corrected chi connectivity index (χ1v) is 8.76. The molecule has 0 saturated carbocycles. The number of ether oxygens (including phenoxy) is 4. The summed E-state index contributed by atoms with van der Waals surface area (Å²) in [4.78, 5) is 2.34. The molecule has 2 aromatic carbocycles. The molecule has 6 heteroatoms. The summed E-state index contributed by atoms with van der Waals surface area (Å²) in [6.07, 6.45) is 1.69. The number of phenols is 1. The van der Waals surface area contributed by atoms with Crippen molar-refractivity contribution in [1.82, 2.24) is 4.90 Å². The maximum atomic E-state index is 10.9. The van der Waals surface area contributed by atoms with Gasteiger partial charge in [-0.05, 0) is 48.7 Å². The highest BCUT2D eigenvalue weighted by atomic mass is 16.7. The normalized spacial score (nSPS) is 19.7. The zero-order valence-electron chi connectivity index (χ0n) is 15.1. The number of benzene rings is 2. The molecule has 0 amide bonds. The van der Waals surface area contributed by atoms with Crippen molar-refractivity contribution in [2.45, 2.75) is 18.9 Å². The first-order chi connectivity index (χ1) is 12.6. The Morgan fingerprint density at radius 2 is 2.04 bits per heavy atom. The Bertz CT molecular complexity index is 923. The topological polar surface area (TPSA) is 60.4 Å². The fraction of sp³-hybridized carbons (Fsp3) is 0.400. The summed E-state index contributed by atoms with van der Waals surface area (Å²) in [5, 5.41) is 10.9. The summed E-state index contributed by atoms with van der Waals surface area (Å²) in [6, 6.07) is 4.25. The second-order valence-corrected chi connectivity index (χ2v) is 7.00. The van der Waals surface area contributed by atoms with Gasteiger partial charge in [-0.1, -0.05) is 0 Å². The van der Waals surface area contributed by atoms with Crippen LogP contribution < -0.4 is 18.9 Å². The summed E-state index contributed by atoms with van der Waals surface area (Å²) in [6.45, 7) is 1.19. The summed E-state index contributed by atoms with van der Waals surface area (Å²) in [7, 11) is 5.25. The van der Waals surface area contributed by atoms with E-state index in [4.69, 9.17) is 18.9 Å². The van der Waals surface area contributed by atoms with Crippen LogP contribution in [0.3, 0.4) is 0 Å². The van der Waals surface area contributed by atoms with Crippen molar-refractivity contribution in [1.29, 1.82) is 0 Å². The van der Waals surface area contributed by atoms with Gasteiger partial charge in [-0.3, -0.25) is 4.90 Å². The molecule has 136 valence electrons. The second kappa shape index (κ2) is 5.45. The molecule has 26 heavy (non-hydrogen) atoms. The number of aromatic hydroxyl groups is 1. The van der Waals surface area contributed by atoms with E-state index < -0.39 is 0 Å². The Labute approximate surface area is 151 Å². The Morgan fingerprint density at radius 3 is 2.81 bits per heavy atom. The van der Waals surface area contributed by atoms with E-state index in [-0.39, 0.29) is 18.6 Å². The van der Waals surface area contributed by atoms with Gasteiger partial charge in [0.15, 0.2) is 23.0 Å². The van der Waals surface area contributed by atoms with Crippen molar-refractivity contribution in [3.8, 4) is 39.9 Å². The molecule has 1 aliphatic carbocycles. The van der Waals surface area contributed by atoms with Crippen LogP contribution in [0.25, 0.3) is 11.1 Å². The molecule has 0 fully saturated rings. The molecule has 1 atom stereocenters. The number of nitrogens with zero attached hydrogens (tertiary/aromatic N) is 1. The average molecular weight is 355 g/mol. The monoisotopic (exact) mass is 355 g/mol. The van der Waals surface area contributed by atoms with Gasteiger partial charge in [0.1, 0.15) is 0 Å². The third-order valence-electron chi connectivity index (χ3n) is 5.80. The molecule has 6 nitrogen and oxygen atoms in total. The SMILES string of the molecule is COc1cc2c(c(O)c1OC)CC1c3c(cc4c(c3-2)OCO4)CCN1C. The van der Waals surface area contributed by atoms with Gasteiger partial charge in [0.05, 0.1) is 14.2 Å². The Kier molecular flexibility index (Phi) is 3.28. The lowest BCUT2D eigenvalue weighted by Crippen LogP contribution is -2.35.